The maximum atomic E-state index is 13.0. The average Bonchev–Trinajstić information content (AvgIpc) is 3.20. The van der Waals surface area contributed by atoms with E-state index in [9.17, 15) is 9.59 Å². The molecule has 31 heavy (non-hydrogen) atoms. The standard InChI is InChI=1S/C21H18N6O3S/c1-30-20(29)15-9-13(10-22-15)16-11-31-21(23-16)24-19(28)17-18(12-7-8-12)27(26-25-17)14-5-3-2-4-6-14/h2-6,9-12,22H,7-8H2,1H3,(H,23,24,28). The number of hydrogen-bond acceptors (Lipinski definition) is 7. The number of methoxy groups -OCH3 is 1. The highest BCUT2D eigenvalue weighted by atomic mass is 32.1. The fraction of sp³-hybridized carbons (Fsp3) is 0.190. The van der Waals surface area contributed by atoms with Crippen LogP contribution in [-0.4, -0.2) is 43.9 Å². The first-order valence-electron chi connectivity index (χ1n) is 9.69. The zero-order valence-electron chi connectivity index (χ0n) is 16.5. The topological polar surface area (TPSA) is 115 Å². The van der Waals surface area contributed by atoms with Crippen LogP contribution in [0.1, 0.15) is 45.4 Å². The van der Waals surface area contributed by atoms with Gasteiger partial charge < -0.3 is 9.72 Å². The van der Waals surface area contributed by atoms with E-state index in [1.54, 1.807) is 16.9 Å². The number of benzene rings is 1. The quantitative estimate of drug-likeness (QED) is 0.448. The number of para-hydroxylation sites is 1. The highest BCUT2D eigenvalue weighted by molar-refractivity contribution is 7.14. The lowest BCUT2D eigenvalue weighted by Crippen LogP contribution is -2.15. The third-order valence-corrected chi connectivity index (χ3v) is 5.75. The summed E-state index contributed by atoms with van der Waals surface area (Å²) in [6.45, 7) is 0. The molecule has 1 aromatic carbocycles. The van der Waals surface area contributed by atoms with E-state index in [0.717, 1.165) is 29.8 Å². The minimum Gasteiger partial charge on any atom is -0.464 e. The third kappa shape index (κ3) is 3.73. The van der Waals surface area contributed by atoms with Crippen molar-refractivity contribution in [3.8, 4) is 16.9 Å². The summed E-state index contributed by atoms with van der Waals surface area (Å²) in [4.78, 5) is 31.9. The van der Waals surface area contributed by atoms with E-state index in [4.69, 9.17) is 4.74 Å². The Labute approximate surface area is 181 Å². The van der Waals surface area contributed by atoms with Crippen molar-refractivity contribution >= 4 is 28.3 Å². The number of carbonyl (C=O) groups excluding carboxylic acids is 2. The number of anilines is 1. The van der Waals surface area contributed by atoms with Gasteiger partial charge in [-0.1, -0.05) is 23.4 Å². The molecule has 0 saturated heterocycles. The largest absolute Gasteiger partial charge is 0.464 e. The Bertz CT molecular complexity index is 1260. The maximum Gasteiger partial charge on any atom is 0.354 e. The summed E-state index contributed by atoms with van der Waals surface area (Å²) in [5.41, 5.74) is 3.73. The summed E-state index contributed by atoms with van der Waals surface area (Å²) >= 11 is 1.30. The smallest absolute Gasteiger partial charge is 0.354 e. The second kappa shape index (κ2) is 7.80. The minimum absolute atomic E-state index is 0.277. The Balaban J connectivity index is 1.37. The van der Waals surface area contributed by atoms with Crippen LogP contribution < -0.4 is 5.32 Å². The van der Waals surface area contributed by atoms with Crippen molar-refractivity contribution < 1.29 is 14.3 Å². The summed E-state index contributed by atoms with van der Waals surface area (Å²) in [6.07, 6.45) is 3.69. The van der Waals surface area contributed by atoms with Gasteiger partial charge in [0, 0.05) is 23.1 Å². The Morgan fingerprint density at radius 2 is 2.06 bits per heavy atom. The molecule has 3 aromatic heterocycles. The SMILES string of the molecule is COC(=O)c1cc(-c2csc(NC(=O)c3nnn(-c4ccccc4)c3C3CC3)n2)c[nH]1. The molecular formula is C21H18N6O3S. The first-order valence-corrected chi connectivity index (χ1v) is 10.6. The molecule has 156 valence electrons. The van der Waals surface area contributed by atoms with Crippen LogP contribution in [0.3, 0.4) is 0 Å². The lowest BCUT2D eigenvalue weighted by molar-refractivity contribution is 0.0594. The number of nitrogens with one attached hydrogen (secondary N) is 2. The van der Waals surface area contributed by atoms with Crippen molar-refractivity contribution in [1.82, 2.24) is 25.0 Å². The molecule has 0 atom stereocenters. The molecule has 1 aliphatic carbocycles. The van der Waals surface area contributed by atoms with Crippen LogP contribution >= 0.6 is 11.3 Å². The van der Waals surface area contributed by atoms with E-state index in [0.29, 0.717) is 22.2 Å². The molecule has 0 radical (unpaired) electrons. The Morgan fingerprint density at radius 1 is 1.26 bits per heavy atom. The number of amides is 1. The van der Waals surface area contributed by atoms with Gasteiger partial charge >= 0.3 is 5.97 Å². The van der Waals surface area contributed by atoms with Crippen molar-refractivity contribution in [2.24, 2.45) is 0 Å². The molecule has 0 aliphatic heterocycles. The second-order valence-corrected chi connectivity index (χ2v) is 7.99. The van der Waals surface area contributed by atoms with Gasteiger partial charge in [0.15, 0.2) is 10.8 Å². The van der Waals surface area contributed by atoms with Crippen LogP contribution in [0.5, 0.6) is 0 Å². The fourth-order valence-corrected chi connectivity index (χ4v) is 4.04. The van der Waals surface area contributed by atoms with Crippen LogP contribution in [0, 0.1) is 0 Å². The number of thiazole rings is 1. The van der Waals surface area contributed by atoms with Crippen LogP contribution in [0.4, 0.5) is 5.13 Å². The first-order chi connectivity index (χ1) is 15.1. The lowest BCUT2D eigenvalue weighted by Gasteiger charge is -2.06. The number of esters is 1. The summed E-state index contributed by atoms with van der Waals surface area (Å²) in [5.74, 6) is -0.516. The van der Waals surface area contributed by atoms with E-state index in [1.165, 1.54) is 18.4 Å². The molecule has 1 amide bonds. The van der Waals surface area contributed by atoms with Gasteiger partial charge in [0.2, 0.25) is 0 Å². The van der Waals surface area contributed by atoms with Crippen LogP contribution in [0.25, 0.3) is 16.9 Å². The minimum atomic E-state index is -0.455. The normalized spacial score (nSPS) is 13.2. The van der Waals surface area contributed by atoms with Crippen molar-refractivity contribution in [3.05, 3.63) is 65.1 Å². The van der Waals surface area contributed by atoms with Gasteiger partial charge in [-0.2, -0.15) is 0 Å². The number of aromatic amines is 1. The van der Waals surface area contributed by atoms with Crippen LogP contribution in [-0.2, 0) is 4.74 Å². The number of hydrogen-bond donors (Lipinski definition) is 2. The molecule has 0 unspecified atom stereocenters. The number of ether oxygens (including phenoxy) is 1. The average molecular weight is 434 g/mol. The maximum absolute atomic E-state index is 13.0. The van der Waals surface area contributed by atoms with Gasteiger partial charge in [-0.25, -0.2) is 14.5 Å². The van der Waals surface area contributed by atoms with Crippen molar-refractivity contribution in [3.63, 3.8) is 0 Å². The Morgan fingerprint density at radius 3 is 2.81 bits per heavy atom. The highest BCUT2D eigenvalue weighted by Crippen LogP contribution is 2.42. The van der Waals surface area contributed by atoms with Crippen molar-refractivity contribution in [1.29, 1.82) is 0 Å². The molecule has 3 heterocycles. The summed E-state index contributed by atoms with van der Waals surface area (Å²) < 4.78 is 6.45. The molecule has 4 aromatic rings. The van der Waals surface area contributed by atoms with Crippen LogP contribution in [0.2, 0.25) is 0 Å². The number of nitrogens with zero attached hydrogens (tertiary/aromatic N) is 4. The van der Waals surface area contributed by atoms with E-state index >= 15 is 0 Å². The number of carbonyl (C=O) groups is 2. The van der Waals surface area contributed by atoms with Gasteiger partial charge in [0.05, 0.1) is 24.2 Å². The summed E-state index contributed by atoms with van der Waals surface area (Å²) in [7, 11) is 1.32. The van der Waals surface area contributed by atoms with E-state index in [2.05, 4.69) is 25.6 Å². The molecule has 5 rings (SSSR count). The van der Waals surface area contributed by atoms with E-state index in [1.807, 2.05) is 35.7 Å². The second-order valence-electron chi connectivity index (χ2n) is 7.13. The number of aromatic nitrogens is 5. The van der Waals surface area contributed by atoms with E-state index in [-0.39, 0.29) is 11.8 Å². The van der Waals surface area contributed by atoms with Gasteiger partial charge in [-0.15, -0.1) is 16.4 Å². The van der Waals surface area contributed by atoms with Crippen LogP contribution in [0.15, 0.2) is 48.0 Å². The highest BCUT2D eigenvalue weighted by Gasteiger charge is 2.34. The molecular weight excluding hydrogens is 416 g/mol. The molecule has 1 aliphatic rings. The Kier molecular flexibility index (Phi) is 4.83. The van der Waals surface area contributed by atoms with Crippen molar-refractivity contribution in [2.45, 2.75) is 18.8 Å². The zero-order chi connectivity index (χ0) is 21.4. The molecule has 0 spiro atoms. The number of H-pyrrole nitrogens is 1. The van der Waals surface area contributed by atoms with E-state index < -0.39 is 5.97 Å². The van der Waals surface area contributed by atoms with Crippen molar-refractivity contribution in [2.75, 3.05) is 12.4 Å². The molecule has 2 N–H and O–H groups in total. The van der Waals surface area contributed by atoms with Gasteiger partial charge in [-0.3, -0.25) is 10.1 Å². The molecule has 1 fully saturated rings. The monoisotopic (exact) mass is 434 g/mol. The number of rotatable bonds is 6. The molecule has 9 nitrogen and oxygen atoms in total. The molecule has 0 bridgehead atoms. The molecule has 1 saturated carbocycles. The third-order valence-electron chi connectivity index (χ3n) is 4.99. The summed E-state index contributed by atoms with van der Waals surface area (Å²) in [6, 6.07) is 11.3. The fourth-order valence-electron chi connectivity index (χ4n) is 3.32. The first kappa shape index (κ1) is 19.2. The predicted molar refractivity (Wildman–Crippen MR) is 115 cm³/mol. The molecule has 10 heteroatoms. The van der Waals surface area contributed by atoms with Gasteiger partial charge in [0.25, 0.3) is 5.91 Å². The van der Waals surface area contributed by atoms with Gasteiger partial charge in [0.1, 0.15) is 5.69 Å². The Hall–Kier alpha value is -3.79. The van der Waals surface area contributed by atoms with Gasteiger partial charge in [-0.05, 0) is 31.0 Å². The lowest BCUT2D eigenvalue weighted by atomic mass is 10.2. The summed E-state index contributed by atoms with van der Waals surface area (Å²) in [5, 5.41) is 13.5. The zero-order valence-corrected chi connectivity index (χ0v) is 17.3. The predicted octanol–water partition coefficient (Wildman–Crippen LogP) is 3.64.